The quantitative estimate of drug-likeness (QED) is 0.593. The van der Waals surface area contributed by atoms with Crippen molar-refractivity contribution in [3.63, 3.8) is 0 Å². The Hall–Kier alpha value is -2.64. The molecule has 0 bridgehead atoms. The second-order valence-electron chi connectivity index (χ2n) is 6.20. The van der Waals surface area contributed by atoms with E-state index >= 15 is 0 Å². The van der Waals surface area contributed by atoms with Gasteiger partial charge < -0.3 is 14.0 Å². The Balaban J connectivity index is 1.92. The summed E-state index contributed by atoms with van der Waals surface area (Å²) in [5.74, 6) is -0.337. The Morgan fingerprint density at radius 1 is 1.14 bits per heavy atom. The molecule has 0 fully saturated rings. The third-order valence-electron chi connectivity index (χ3n) is 4.21. The predicted molar refractivity (Wildman–Crippen MR) is 109 cm³/mol. The third kappa shape index (κ3) is 4.61. The highest BCUT2D eigenvalue weighted by molar-refractivity contribution is 7.16. The van der Waals surface area contributed by atoms with E-state index in [1.807, 2.05) is 26.0 Å². The molecular weight excluding hydrogens is 400 g/mol. The number of thiazole rings is 1. The maximum absolute atomic E-state index is 12.3. The van der Waals surface area contributed by atoms with Crippen molar-refractivity contribution >= 4 is 45.0 Å². The smallest absolute Gasteiger partial charge is 0.325 e. The molecule has 6 nitrogen and oxygen atoms in total. The Morgan fingerprint density at radius 3 is 2.50 bits per heavy atom. The van der Waals surface area contributed by atoms with E-state index in [-0.39, 0.29) is 13.2 Å². The van der Waals surface area contributed by atoms with Gasteiger partial charge >= 0.3 is 5.97 Å². The molecule has 0 atom stereocenters. The standard InChI is InChI=1S/C20H19ClN2O4S/c1-12-8-16-17(9-13(12)2)28-20(23(16)10-19(25)26-3)22-18(24)11-27-15-6-4-14(21)5-7-15/h4-9H,10-11H2,1-3H3. The summed E-state index contributed by atoms with van der Waals surface area (Å²) in [6.07, 6.45) is 0. The summed E-state index contributed by atoms with van der Waals surface area (Å²) in [6.45, 7) is 3.77. The SMILES string of the molecule is COC(=O)Cn1c(=NC(=O)COc2ccc(Cl)cc2)sc2cc(C)c(C)cc21. The van der Waals surface area contributed by atoms with Gasteiger partial charge in [-0.2, -0.15) is 4.99 Å². The highest BCUT2D eigenvalue weighted by atomic mass is 35.5. The average molecular weight is 419 g/mol. The number of esters is 1. The zero-order valence-corrected chi connectivity index (χ0v) is 17.3. The number of rotatable bonds is 5. The Labute approximate surface area is 171 Å². The highest BCUT2D eigenvalue weighted by Gasteiger charge is 2.13. The molecule has 0 N–H and O–H groups in total. The highest BCUT2D eigenvalue weighted by Crippen LogP contribution is 2.22. The van der Waals surface area contributed by atoms with Crippen molar-refractivity contribution in [1.29, 1.82) is 0 Å². The van der Waals surface area contributed by atoms with E-state index in [0.29, 0.717) is 15.6 Å². The van der Waals surface area contributed by atoms with Gasteiger partial charge in [-0.1, -0.05) is 22.9 Å². The summed E-state index contributed by atoms with van der Waals surface area (Å²) in [6, 6.07) is 10.7. The number of benzene rings is 2. The minimum Gasteiger partial charge on any atom is -0.484 e. The topological polar surface area (TPSA) is 69.9 Å². The largest absolute Gasteiger partial charge is 0.484 e. The lowest BCUT2D eigenvalue weighted by molar-refractivity contribution is -0.141. The number of amides is 1. The van der Waals surface area contributed by atoms with Crippen LogP contribution in [0.25, 0.3) is 10.2 Å². The minimum absolute atomic E-state index is 0.0246. The first-order chi connectivity index (χ1) is 13.4. The first kappa shape index (κ1) is 20.1. The number of halogens is 1. The van der Waals surface area contributed by atoms with E-state index in [1.54, 1.807) is 28.8 Å². The van der Waals surface area contributed by atoms with Gasteiger partial charge in [0.2, 0.25) is 0 Å². The summed E-state index contributed by atoms with van der Waals surface area (Å²) in [5.41, 5.74) is 3.06. The fraction of sp³-hybridized carbons (Fsp3) is 0.250. The number of nitrogens with zero attached hydrogens (tertiary/aromatic N) is 2. The van der Waals surface area contributed by atoms with Crippen molar-refractivity contribution in [2.24, 2.45) is 4.99 Å². The van der Waals surface area contributed by atoms with Gasteiger partial charge in [-0.25, -0.2) is 0 Å². The van der Waals surface area contributed by atoms with Crippen LogP contribution in [0.3, 0.4) is 0 Å². The number of aryl methyl sites for hydroxylation is 2. The minimum atomic E-state index is -0.450. The van der Waals surface area contributed by atoms with Crippen LogP contribution in [0, 0.1) is 13.8 Å². The fourth-order valence-electron chi connectivity index (χ4n) is 2.57. The molecule has 0 saturated carbocycles. The van der Waals surface area contributed by atoms with Gasteiger partial charge in [-0.15, -0.1) is 0 Å². The monoisotopic (exact) mass is 418 g/mol. The third-order valence-corrected chi connectivity index (χ3v) is 5.50. The molecule has 0 unspecified atom stereocenters. The number of ether oxygens (including phenoxy) is 2. The van der Waals surface area contributed by atoms with Crippen LogP contribution in [0.5, 0.6) is 5.75 Å². The second-order valence-corrected chi connectivity index (χ2v) is 7.64. The molecule has 0 aliphatic carbocycles. The van der Waals surface area contributed by atoms with E-state index in [1.165, 1.54) is 18.4 Å². The number of methoxy groups -OCH3 is 1. The van der Waals surface area contributed by atoms with Crippen molar-refractivity contribution in [3.05, 3.63) is 57.3 Å². The van der Waals surface area contributed by atoms with Gasteiger partial charge in [0.1, 0.15) is 12.3 Å². The predicted octanol–water partition coefficient (Wildman–Crippen LogP) is 3.65. The lowest BCUT2D eigenvalue weighted by Gasteiger charge is -2.06. The molecule has 146 valence electrons. The van der Waals surface area contributed by atoms with Gasteiger partial charge in [-0.05, 0) is 61.4 Å². The summed E-state index contributed by atoms with van der Waals surface area (Å²) in [4.78, 5) is 28.8. The van der Waals surface area contributed by atoms with E-state index in [4.69, 9.17) is 21.1 Å². The molecule has 3 aromatic rings. The molecule has 28 heavy (non-hydrogen) atoms. The Kier molecular flexibility index (Phi) is 6.16. The van der Waals surface area contributed by atoms with E-state index in [9.17, 15) is 9.59 Å². The fourth-order valence-corrected chi connectivity index (χ4v) is 3.82. The van der Waals surface area contributed by atoms with Crippen molar-refractivity contribution in [2.45, 2.75) is 20.4 Å². The van der Waals surface area contributed by atoms with E-state index in [0.717, 1.165) is 21.3 Å². The number of hydrogen-bond donors (Lipinski definition) is 0. The average Bonchev–Trinajstić information content (AvgIpc) is 2.97. The normalized spacial score (nSPS) is 11.6. The molecule has 1 heterocycles. The van der Waals surface area contributed by atoms with Crippen LogP contribution < -0.4 is 9.54 Å². The van der Waals surface area contributed by atoms with Crippen LogP contribution >= 0.6 is 22.9 Å². The molecule has 0 saturated heterocycles. The number of hydrogen-bond acceptors (Lipinski definition) is 5. The zero-order chi connectivity index (χ0) is 20.3. The lowest BCUT2D eigenvalue weighted by atomic mass is 10.1. The van der Waals surface area contributed by atoms with Crippen LogP contribution in [0.1, 0.15) is 11.1 Å². The van der Waals surface area contributed by atoms with Crippen LogP contribution in [-0.4, -0.2) is 30.2 Å². The zero-order valence-electron chi connectivity index (χ0n) is 15.7. The Morgan fingerprint density at radius 2 is 1.82 bits per heavy atom. The number of fused-ring (bicyclic) bond motifs is 1. The van der Waals surface area contributed by atoms with Gasteiger partial charge in [-0.3, -0.25) is 9.59 Å². The number of carbonyl (C=O) groups is 2. The number of aromatic nitrogens is 1. The summed E-state index contributed by atoms with van der Waals surface area (Å²) in [5, 5.41) is 0.586. The van der Waals surface area contributed by atoms with E-state index in [2.05, 4.69) is 4.99 Å². The van der Waals surface area contributed by atoms with Crippen LogP contribution in [-0.2, 0) is 20.9 Å². The van der Waals surface area contributed by atoms with Crippen molar-refractivity contribution in [1.82, 2.24) is 4.57 Å². The van der Waals surface area contributed by atoms with E-state index < -0.39 is 11.9 Å². The molecule has 1 amide bonds. The second kappa shape index (κ2) is 8.58. The van der Waals surface area contributed by atoms with Crippen molar-refractivity contribution in [2.75, 3.05) is 13.7 Å². The van der Waals surface area contributed by atoms with Crippen molar-refractivity contribution < 1.29 is 19.1 Å². The van der Waals surface area contributed by atoms with Gasteiger partial charge in [0.25, 0.3) is 5.91 Å². The van der Waals surface area contributed by atoms with Crippen LogP contribution in [0.2, 0.25) is 5.02 Å². The van der Waals surface area contributed by atoms with Crippen LogP contribution in [0.15, 0.2) is 41.4 Å². The maximum Gasteiger partial charge on any atom is 0.325 e. The molecule has 3 rings (SSSR count). The molecule has 8 heteroatoms. The number of carbonyl (C=O) groups excluding carboxylic acids is 2. The van der Waals surface area contributed by atoms with Crippen molar-refractivity contribution in [3.8, 4) is 5.75 Å². The molecule has 0 aliphatic rings. The summed E-state index contributed by atoms with van der Waals surface area (Å²) in [7, 11) is 1.33. The molecule has 1 aromatic heterocycles. The van der Waals surface area contributed by atoms with Gasteiger partial charge in [0.05, 0.1) is 17.3 Å². The Bertz CT molecular complexity index is 1100. The molecular formula is C20H19ClN2O4S. The lowest BCUT2D eigenvalue weighted by Crippen LogP contribution is -2.23. The van der Waals surface area contributed by atoms with Gasteiger partial charge in [0.15, 0.2) is 11.4 Å². The van der Waals surface area contributed by atoms with Gasteiger partial charge in [0, 0.05) is 5.02 Å². The molecule has 0 spiro atoms. The molecule has 0 aliphatic heterocycles. The first-order valence-electron chi connectivity index (χ1n) is 8.50. The summed E-state index contributed by atoms with van der Waals surface area (Å²) >= 11 is 7.18. The maximum atomic E-state index is 12.3. The summed E-state index contributed by atoms with van der Waals surface area (Å²) < 4.78 is 12.9. The molecule has 2 aromatic carbocycles. The van der Waals surface area contributed by atoms with Crippen LogP contribution in [0.4, 0.5) is 0 Å². The molecule has 0 radical (unpaired) electrons. The first-order valence-corrected chi connectivity index (χ1v) is 9.70.